The van der Waals surface area contributed by atoms with Crippen molar-refractivity contribution in [2.45, 2.75) is 99.6 Å². The van der Waals surface area contributed by atoms with Gasteiger partial charge >= 0.3 is 22.3 Å². The van der Waals surface area contributed by atoms with Crippen molar-refractivity contribution >= 4 is 22.3 Å². The first-order valence-corrected chi connectivity index (χ1v) is 17.6. The minimum atomic E-state index is -4.67. The standard InChI is InChI=1S/2C17H23NO3.H2O4S.H2O/c2*1-18-13-7-8-14(18)10-15(9-13)21-17(20)16(11-19)12-5-3-2-4-6-12;1-5(2,3)4;/h2*2-6,13-16,19H,7-11H2,1H3;(H2,1,2,3,4);1H2/t2*13-,14+,15+,16?;;. The van der Waals surface area contributed by atoms with E-state index in [9.17, 15) is 19.8 Å². The first-order valence-electron chi connectivity index (χ1n) is 16.2. The lowest BCUT2D eigenvalue weighted by atomic mass is 9.98. The van der Waals surface area contributed by atoms with Crippen LogP contribution in [0.4, 0.5) is 0 Å². The summed E-state index contributed by atoms with van der Waals surface area (Å²) < 4.78 is 43.0. The van der Waals surface area contributed by atoms with Crippen molar-refractivity contribution in [3.05, 3.63) is 71.8 Å². The second-order valence-electron chi connectivity index (χ2n) is 12.9. The average molecular weight is 695 g/mol. The molecule has 4 fully saturated rings. The van der Waals surface area contributed by atoms with Crippen LogP contribution < -0.4 is 0 Å². The van der Waals surface area contributed by atoms with Gasteiger partial charge in [-0.25, -0.2) is 0 Å². The number of esters is 2. The van der Waals surface area contributed by atoms with Gasteiger partial charge in [0.15, 0.2) is 0 Å². The second-order valence-corrected chi connectivity index (χ2v) is 13.8. The molecule has 2 aromatic carbocycles. The molecule has 0 saturated carbocycles. The third-order valence-electron chi connectivity index (χ3n) is 10.0. The SMILES string of the molecule is CN1[C@@H]2CC[C@H]1C[C@@H](OC(=O)C(CO)c1ccccc1)C2.CN1[C@@H]2CC[C@H]1C[C@@H](OC(=O)C(CO)c1ccccc1)C2.O.O=S(=O)(O)O. The highest BCUT2D eigenvalue weighted by Crippen LogP contribution is 2.37. The molecule has 4 bridgehead atoms. The van der Waals surface area contributed by atoms with Gasteiger partial charge in [0.25, 0.3) is 0 Å². The van der Waals surface area contributed by atoms with Crippen molar-refractivity contribution < 1.29 is 52.3 Å². The van der Waals surface area contributed by atoms with Crippen LogP contribution in [-0.4, -0.2) is 119 Å². The minimum Gasteiger partial charge on any atom is -0.462 e. The molecule has 14 heteroatoms. The number of aliphatic hydroxyl groups excluding tert-OH is 2. The summed E-state index contributed by atoms with van der Waals surface area (Å²) >= 11 is 0. The summed E-state index contributed by atoms with van der Waals surface area (Å²) in [6.45, 7) is -0.412. The maximum atomic E-state index is 12.4. The molecule has 48 heavy (non-hydrogen) atoms. The number of hydrogen-bond donors (Lipinski definition) is 4. The molecule has 0 aromatic heterocycles. The molecule has 0 aliphatic carbocycles. The Morgan fingerprint density at radius 1 is 0.667 bits per heavy atom. The Bertz CT molecular complexity index is 1270. The molecule has 6 rings (SSSR count). The Morgan fingerprint density at radius 3 is 1.19 bits per heavy atom. The predicted molar refractivity (Wildman–Crippen MR) is 178 cm³/mol. The van der Waals surface area contributed by atoms with Crippen LogP contribution in [-0.2, 0) is 29.5 Å². The Morgan fingerprint density at radius 2 is 0.938 bits per heavy atom. The highest BCUT2D eigenvalue weighted by atomic mass is 32.3. The van der Waals surface area contributed by atoms with E-state index < -0.39 is 22.2 Å². The van der Waals surface area contributed by atoms with Gasteiger partial charge in [-0.3, -0.25) is 18.7 Å². The molecule has 268 valence electrons. The van der Waals surface area contributed by atoms with E-state index in [1.165, 1.54) is 25.7 Å². The van der Waals surface area contributed by atoms with Gasteiger partial charge in [-0.1, -0.05) is 60.7 Å². The van der Waals surface area contributed by atoms with Gasteiger partial charge in [-0.15, -0.1) is 0 Å². The number of benzene rings is 2. The van der Waals surface area contributed by atoms with Gasteiger partial charge in [0.2, 0.25) is 0 Å². The average Bonchev–Trinajstić information content (AvgIpc) is 3.34. The van der Waals surface area contributed by atoms with Crippen LogP contribution in [0, 0.1) is 0 Å². The lowest BCUT2D eigenvalue weighted by Gasteiger charge is -2.36. The molecule has 4 saturated heterocycles. The fourth-order valence-electron chi connectivity index (χ4n) is 7.41. The van der Waals surface area contributed by atoms with Crippen LogP contribution >= 0.6 is 0 Å². The third-order valence-corrected chi connectivity index (χ3v) is 10.0. The Labute approximate surface area is 282 Å². The number of fused-ring (bicyclic) bond motifs is 4. The number of ether oxygens (including phenoxy) is 2. The van der Waals surface area contributed by atoms with E-state index in [0.717, 1.165) is 36.8 Å². The van der Waals surface area contributed by atoms with Crippen molar-refractivity contribution in [2.24, 2.45) is 0 Å². The molecule has 13 nitrogen and oxygen atoms in total. The van der Waals surface area contributed by atoms with Gasteiger partial charge in [0.1, 0.15) is 24.0 Å². The molecular weight excluding hydrogens is 644 g/mol. The minimum absolute atomic E-state index is 0. The number of aliphatic hydroxyl groups is 2. The molecule has 4 heterocycles. The topological polar surface area (TPSA) is 206 Å². The Hall–Kier alpha value is -2.95. The van der Waals surface area contributed by atoms with Crippen molar-refractivity contribution in [3.63, 3.8) is 0 Å². The molecule has 2 aromatic rings. The highest BCUT2D eigenvalue weighted by Gasteiger charge is 2.41. The summed E-state index contributed by atoms with van der Waals surface area (Å²) in [5.41, 5.74) is 1.64. The second kappa shape index (κ2) is 18.2. The van der Waals surface area contributed by atoms with E-state index in [4.69, 9.17) is 27.0 Å². The smallest absolute Gasteiger partial charge is 0.394 e. The Balaban J connectivity index is 0.000000225. The zero-order valence-corrected chi connectivity index (χ0v) is 28.3. The molecule has 6 N–H and O–H groups in total. The van der Waals surface area contributed by atoms with Crippen molar-refractivity contribution in [1.29, 1.82) is 0 Å². The van der Waals surface area contributed by atoms with Gasteiger partial charge in [0.05, 0.1) is 13.2 Å². The summed E-state index contributed by atoms with van der Waals surface area (Å²) in [4.78, 5) is 29.6. The summed E-state index contributed by atoms with van der Waals surface area (Å²) in [7, 11) is -0.332. The lowest BCUT2D eigenvalue weighted by Crippen LogP contribution is -2.43. The summed E-state index contributed by atoms with van der Waals surface area (Å²) in [6.07, 6.45) is 8.52. The maximum absolute atomic E-state index is 12.4. The van der Waals surface area contributed by atoms with Gasteiger partial charge < -0.3 is 35.0 Å². The first-order chi connectivity index (χ1) is 22.4. The molecule has 0 spiro atoms. The summed E-state index contributed by atoms with van der Waals surface area (Å²) in [6, 6.07) is 20.9. The van der Waals surface area contributed by atoms with Gasteiger partial charge in [-0.2, -0.15) is 8.42 Å². The van der Waals surface area contributed by atoms with Crippen LogP contribution in [0.5, 0.6) is 0 Å². The van der Waals surface area contributed by atoms with Crippen molar-refractivity contribution in [1.82, 2.24) is 9.80 Å². The highest BCUT2D eigenvalue weighted by molar-refractivity contribution is 7.79. The van der Waals surface area contributed by atoms with Crippen LogP contribution in [0.25, 0.3) is 0 Å². The molecule has 0 radical (unpaired) electrons. The van der Waals surface area contributed by atoms with Crippen LogP contribution in [0.1, 0.15) is 74.3 Å². The molecule has 4 aliphatic rings. The van der Waals surface area contributed by atoms with E-state index in [1.54, 1.807) is 0 Å². The number of rotatable bonds is 8. The van der Waals surface area contributed by atoms with Crippen molar-refractivity contribution in [3.8, 4) is 0 Å². The maximum Gasteiger partial charge on any atom is 0.394 e. The van der Waals surface area contributed by atoms with E-state index in [1.807, 2.05) is 60.7 Å². The molecule has 4 aliphatic heterocycles. The quantitative estimate of drug-likeness (QED) is 0.232. The lowest BCUT2D eigenvalue weighted by molar-refractivity contribution is -0.156. The van der Waals surface area contributed by atoms with E-state index in [-0.39, 0.29) is 42.8 Å². The van der Waals surface area contributed by atoms with E-state index >= 15 is 0 Å². The van der Waals surface area contributed by atoms with Gasteiger partial charge in [0, 0.05) is 24.2 Å². The molecule has 2 unspecified atom stereocenters. The summed E-state index contributed by atoms with van der Waals surface area (Å²) in [5.74, 6) is -1.72. The normalized spacial score (nSPS) is 27.5. The largest absolute Gasteiger partial charge is 0.462 e. The fourth-order valence-corrected chi connectivity index (χ4v) is 7.41. The van der Waals surface area contributed by atoms with Gasteiger partial charge in [-0.05, 0) is 76.6 Å². The van der Waals surface area contributed by atoms with Crippen LogP contribution in [0.15, 0.2) is 60.7 Å². The third kappa shape index (κ3) is 11.0. The number of hydrogen-bond acceptors (Lipinski definition) is 10. The molecule has 8 atom stereocenters. The number of carbonyl (C=O) groups excluding carboxylic acids is 2. The predicted octanol–water partition coefficient (Wildman–Crippen LogP) is 2.38. The summed E-state index contributed by atoms with van der Waals surface area (Å²) in [5, 5.41) is 19.1. The Kier molecular flexibility index (Phi) is 14.9. The van der Waals surface area contributed by atoms with Crippen LogP contribution in [0.3, 0.4) is 0 Å². The fraction of sp³-hybridized carbons (Fsp3) is 0.588. The number of carbonyl (C=O) groups is 2. The monoisotopic (exact) mass is 694 g/mol. The van der Waals surface area contributed by atoms with E-state index in [0.29, 0.717) is 24.2 Å². The molecule has 0 amide bonds. The van der Waals surface area contributed by atoms with E-state index in [2.05, 4.69) is 23.9 Å². The van der Waals surface area contributed by atoms with Crippen LogP contribution in [0.2, 0.25) is 0 Å². The number of nitrogens with zero attached hydrogens (tertiary/aromatic N) is 2. The first kappa shape index (κ1) is 39.5. The number of piperidine rings is 2. The van der Waals surface area contributed by atoms with Crippen molar-refractivity contribution in [2.75, 3.05) is 27.3 Å². The zero-order chi connectivity index (χ0) is 34.1. The zero-order valence-electron chi connectivity index (χ0n) is 27.5. The molecular formula is C34H50N2O11S.